The number of benzene rings is 2. The Morgan fingerprint density at radius 2 is 1.78 bits per heavy atom. The largest absolute Gasteiger partial charge is 0.476 e. The van der Waals surface area contributed by atoms with E-state index in [2.05, 4.69) is 15.5 Å². The van der Waals surface area contributed by atoms with Crippen molar-refractivity contribution >= 4 is 33.7 Å². The SMILES string of the molecule is O=C1NC(=O)C([C@@H]2CCc3cc(Oc4nnc(OCC5CC5)c5ccccc45)ccc32)S1. The summed E-state index contributed by atoms with van der Waals surface area (Å²) >= 11 is 1.09. The molecule has 7 nitrogen and oxygen atoms in total. The number of amides is 2. The molecule has 1 saturated heterocycles. The highest BCUT2D eigenvalue weighted by molar-refractivity contribution is 8.15. The topological polar surface area (TPSA) is 90.4 Å². The van der Waals surface area contributed by atoms with Crippen molar-refractivity contribution < 1.29 is 19.1 Å². The minimum absolute atomic E-state index is 0.0408. The molecule has 1 aliphatic heterocycles. The van der Waals surface area contributed by atoms with Crippen LogP contribution in [0.2, 0.25) is 0 Å². The predicted molar refractivity (Wildman–Crippen MR) is 120 cm³/mol. The second-order valence-corrected chi connectivity index (χ2v) is 9.65. The molecule has 32 heavy (non-hydrogen) atoms. The zero-order chi connectivity index (χ0) is 21.7. The smallest absolute Gasteiger partial charge is 0.286 e. The second-order valence-electron chi connectivity index (χ2n) is 8.53. The van der Waals surface area contributed by atoms with Crippen LogP contribution in [0, 0.1) is 5.92 Å². The van der Waals surface area contributed by atoms with Gasteiger partial charge in [0.05, 0.1) is 17.4 Å². The average molecular weight is 448 g/mol. The van der Waals surface area contributed by atoms with Gasteiger partial charge in [0.15, 0.2) is 0 Å². The van der Waals surface area contributed by atoms with Crippen molar-refractivity contribution in [1.82, 2.24) is 15.5 Å². The molecule has 0 radical (unpaired) electrons. The Morgan fingerprint density at radius 3 is 2.53 bits per heavy atom. The van der Waals surface area contributed by atoms with E-state index >= 15 is 0 Å². The number of carbonyl (C=O) groups is 2. The maximum absolute atomic E-state index is 12.1. The molecule has 1 saturated carbocycles. The molecule has 6 rings (SSSR count). The molecule has 3 aliphatic rings. The number of imide groups is 1. The molecule has 1 aromatic heterocycles. The van der Waals surface area contributed by atoms with E-state index in [9.17, 15) is 9.59 Å². The predicted octanol–water partition coefficient (Wildman–Crippen LogP) is 4.59. The summed E-state index contributed by atoms with van der Waals surface area (Å²) in [6.07, 6.45) is 4.11. The standard InChI is InChI=1S/C24H21N3O4S/c28-21-20(32-24(29)25-21)17-9-7-14-11-15(8-10-16(14)17)31-23-19-4-2-1-3-18(19)22(26-27-23)30-12-13-5-6-13/h1-4,8,10-11,13,17,20H,5-7,9,12H2,(H,25,28,29)/t17-,20?/m1/s1. The highest BCUT2D eigenvalue weighted by Crippen LogP contribution is 2.43. The van der Waals surface area contributed by atoms with Crippen LogP contribution >= 0.6 is 11.8 Å². The number of hydrogen-bond donors (Lipinski definition) is 1. The van der Waals surface area contributed by atoms with Crippen molar-refractivity contribution in [2.24, 2.45) is 5.92 Å². The number of nitrogens with zero attached hydrogens (tertiary/aromatic N) is 2. The van der Waals surface area contributed by atoms with Crippen molar-refractivity contribution in [3.05, 3.63) is 53.6 Å². The fourth-order valence-electron chi connectivity index (χ4n) is 4.47. The summed E-state index contributed by atoms with van der Waals surface area (Å²) in [4.78, 5) is 23.7. The minimum Gasteiger partial charge on any atom is -0.476 e. The van der Waals surface area contributed by atoms with E-state index in [1.165, 1.54) is 12.8 Å². The highest BCUT2D eigenvalue weighted by atomic mass is 32.2. The van der Waals surface area contributed by atoms with Crippen LogP contribution in [0.15, 0.2) is 42.5 Å². The zero-order valence-corrected chi connectivity index (χ0v) is 18.1. The number of ether oxygens (including phenoxy) is 2. The monoisotopic (exact) mass is 447 g/mol. The minimum atomic E-state index is -0.353. The first-order valence-corrected chi connectivity index (χ1v) is 11.7. The maximum atomic E-state index is 12.1. The summed E-state index contributed by atoms with van der Waals surface area (Å²) in [5.41, 5.74) is 2.25. The molecule has 2 atom stereocenters. The third-order valence-corrected chi connectivity index (χ3v) is 7.42. The van der Waals surface area contributed by atoms with E-state index in [4.69, 9.17) is 9.47 Å². The summed E-state index contributed by atoms with van der Waals surface area (Å²) in [7, 11) is 0. The molecule has 2 aromatic carbocycles. The maximum Gasteiger partial charge on any atom is 0.286 e. The third kappa shape index (κ3) is 3.58. The normalized spacial score (nSPS) is 22.1. The van der Waals surface area contributed by atoms with Gasteiger partial charge in [-0.1, -0.05) is 30.0 Å². The van der Waals surface area contributed by atoms with Crippen LogP contribution in [0.1, 0.15) is 36.3 Å². The Labute approximate surface area is 188 Å². The Kier molecular flexibility index (Phi) is 4.75. The van der Waals surface area contributed by atoms with Gasteiger partial charge in [0, 0.05) is 5.92 Å². The molecule has 1 unspecified atom stereocenters. The number of thioether (sulfide) groups is 1. The van der Waals surface area contributed by atoms with Crippen LogP contribution in [-0.2, 0) is 11.2 Å². The molecule has 2 aliphatic carbocycles. The fourth-order valence-corrected chi connectivity index (χ4v) is 5.47. The Hall–Kier alpha value is -3.13. The third-order valence-electron chi connectivity index (χ3n) is 6.31. The number of fused-ring (bicyclic) bond motifs is 2. The van der Waals surface area contributed by atoms with Gasteiger partial charge in [0.1, 0.15) is 11.0 Å². The number of carbonyl (C=O) groups excluding carboxylic acids is 2. The van der Waals surface area contributed by atoms with E-state index < -0.39 is 0 Å². The summed E-state index contributed by atoms with van der Waals surface area (Å²) in [5, 5.41) is 12.1. The van der Waals surface area contributed by atoms with E-state index in [-0.39, 0.29) is 22.3 Å². The van der Waals surface area contributed by atoms with Crippen LogP contribution < -0.4 is 14.8 Å². The molecule has 8 heteroatoms. The molecule has 2 heterocycles. The van der Waals surface area contributed by atoms with Crippen molar-refractivity contribution in [2.75, 3.05) is 6.61 Å². The zero-order valence-electron chi connectivity index (χ0n) is 17.2. The number of aromatic nitrogens is 2. The lowest BCUT2D eigenvalue weighted by molar-refractivity contribution is -0.119. The van der Waals surface area contributed by atoms with Crippen molar-refractivity contribution in [2.45, 2.75) is 36.9 Å². The van der Waals surface area contributed by atoms with Gasteiger partial charge in [-0.3, -0.25) is 14.9 Å². The van der Waals surface area contributed by atoms with Gasteiger partial charge < -0.3 is 9.47 Å². The van der Waals surface area contributed by atoms with E-state index in [1.54, 1.807) is 0 Å². The lowest BCUT2D eigenvalue weighted by Crippen LogP contribution is -2.27. The molecular weight excluding hydrogens is 426 g/mol. The van der Waals surface area contributed by atoms with Gasteiger partial charge in [0.2, 0.25) is 17.7 Å². The van der Waals surface area contributed by atoms with Crippen LogP contribution in [0.4, 0.5) is 4.79 Å². The summed E-state index contributed by atoms with van der Waals surface area (Å²) in [6.45, 7) is 0.674. The molecule has 3 aromatic rings. The number of rotatable bonds is 6. The molecule has 1 N–H and O–H groups in total. The van der Waals surface area contributed by atoms with Crippen LogP contribution in [-0.4, -0.2) is 33.2 Å². The first-order chi connectivity index (χ1) is 15.7. The summed E-state index contributed by atoms with van der Waals surface area (Å²) < 4.78 is 12.0. The van der Waals surface area contributed by atoms with Crippen LogP contribution in [0.25, 0.3) is 10.8 Å². The first-order valence-electron chi connectivity index (χ1n) is 10.9. The molecule has 2 amide bonds. The van der Waals surface area contributed by atoms with Gasteiger partial charge in [-0.05, 0) is 67.0 Å². The molecule has 0 bridgehead atoms. The lowest BCUT2D eigenvalue weighted by Gasteiger charge is -2.16. The molecular formula is C24H21N3O4S. The Morgan fingerprint density at radius 1 is 1.00 bits per heavy atom. The quantitative estimate of drug-likeness (QED) is 0.591. The lowest BCUT2D eigenvalue weighted by atomic mass is 9.97. The van der Waals surface area contributed by atoms with E-state index in [0.29, 0.717) is 30.0 Å². The van der Waals surface area contributed by atoms with Gasteiger partial charge in [-0.2, -0.15) is 0 Å². The fraction of sp³-hybridized carbons (Fsp3) is 0.333. The second kappa shape index (κ2) is 7.78. The average Bonchev–Trinajstić information content (AvgIpc) is 3.45. The van der Waals surface area contributed by atoms with Gasteiger partial charge in [-0.25, -0.2) is 0 Å². The van der Waals surface area contributed by atoms with Gasteiger partial charge >= 0.3 is 0 Å². The van der Waals surface area contributed by atoms with Crippen molar-refractivity contribution in [3.63, 3.8) is 0 Å². The number of hydrogen-bond acceptors (Lipinski definition) is 7. The number of aryl methyl sites for hydroxylation is 1. The summed E-state index contributed by atoms with van der Waals surface area (Å²) in [5.74, 6) is 2.13. The highest BCUT2D eigenvalue weighted by Gasteiger charge is 2.41. The van der Waals surface area contributed by atoms with E-state index in [0.717, 1.165) is 46.5 Å². The van der Waals surface area contributed by atoms with Gasteiger partial charge in [0.25, 0.3) is 5.24 Å². The van der Waals surface area contributed by atoms with Crippen molar-refractivity contribution in [1.29, 1.82) is 0 Å². The molecule has 162 valence electrons. The summed E-state index contributed by atoms with van der Waals surface area (Å²) in [6, 6.07) is 13.7. The Balaban J connectivity index is 1.26. The molecule has 0 spiro atoms. The van der Waals surface area contributed by atoms with Crippen LogP contribution in [0.3, 0.4) is 0 Å². The molecule has 2 fully saturated rings. The van der Waals surface area contributed by atoms with Crippen molar-refractivity contribution in [3.8, 4) is 17.5 Å². The van der Waals surface area contributed by atoms with E-state index in [1.807, 2.05) is 42.5 Å². The van der Waals surface area contributed by atoms with Gasteiger partial charge in [-0.15, -0.1) is 10.2 Å². The first kappa shape index (κ1) is 19.5. The van der Waals surface area contributed by atoms with Crippen LogP contribution in [0.5, 0.6) is 17.5 Å². The Bertz CT molecular complexity index is 1240. The number of nitrogens with one attached hydrogen (secondary N) is 1.